The molecule has 2 amide bonds. The van der Waals surface area contributed by atoms with Gasteiger partial charge in [0.25, 0.3) is 5.91 Å². The van der Waals surface area contributed by atoms with E-state index in [0.717, 1.165) is 22.7 Å². The van der Waals surface area contributed by atoms with E-state index < -0.39 is 34.5 Å². The molecule has 2 saturated heterocycles. The van der Waals surface area contributed by atoms with Crippen LogP contribution in [0.2, 0.25) is 0 Å². The van der Waals surface area contributed by atoms with Gasteiger partial charge in [0.2, 0.25) is 0 Å². The minimum Gasteiger partial charge on any atom is -0.492 e. The number of nitriles is 1. The number of benzene rings is 1. The number of pyridine rings is 1. The molecule has 46 heavy (non-hydrogen) atoms. The number of hydrogen-bond donors (Lipinski definition) is 0. The number of thiocarbonyl (C=S) groups is 1. The summed E-state index contributed by atoms with van der Waals surface area (Å²) in [7, 11) is 0. The van der Waals surface area contributed by atoms with Crippen molar-refractivity contribution in [1.82, 2.24) is 14.8 Å². The molecule has 4 rings (SSSR count). The van der Waals surface area contributed by atoms with E-state index in [1.165, 1.54) is 6.07 Å². The molecular weight excluding hydrogens is 621 g/mol. The molecular formula is C32H39F3N6O4S. The van der Waals surface area contributed by atoms with Crippen LogP contribution in [0.1, 0.15) is 71.2 Å². The van der Waals surface area contributed by atoms with Gasteiger partial charge in [0.1, 0.15) is 29.6 Å². The smallest absolute Gasteiger partial charge is 0.419 e. The molecule has 1 aromatic heterocycles. The fraction of sp³-hybridized carbons (Fsp3) is 0.531. The molecule has 0 aliphatic carbocycles. The highest BCUT2D eigenvalue weighted by molar-refractivity contribution is 7.81. The summed E-state index contributed by atoms with van der Waals surface area (Å²) in [6.45, 7) is 16.4. The first-order valence-corrected chi connectivity index (χ1v) is 15.4. The number of amides is 2. The van der Waals surface area contributed by atoms with E-state index in [9.17, 15) is 22.8 Å². The summed E-state index contributed by atoms with van der Waals surface area (Å²) < 4.78 is 52.7. The van der Waals surface area contributed by atoms with E-state index in [0.29, 0.717) is 50.8 Å². The molecule has 10 nitrogen and oxygen atoms in total. The predicted octanol–water partition coefficient (Wildman–Crippen LogP) is 5.94. The van der Waals surface area contributed by atoms with Crippen molar-refractivity contribution in [2.45, 2.75) is 71.7 Å². The Morgan fingerprint density at radius 3 is 2.33 bits per heavy atom. The third-order valence-electron chi connectivity index (χ3n) is 7.77. The Labute approximate surface area is 272 Å². The first-order chi connectivity index (χ1) is 21.3. The lowest BCUT2D eigenvalue weighted by atomic mass is 9.98. The Hall–Kier alpha value is -3.96. The Morgan fingerprint density at radius 1 is 1.11 bits per heavy atom. The summed E-state index contributed by atoms with van der Waals surface area (Å²) in [6.07, 6.45) is -4.11. The second-order valence-electron chi connectivity index (χ2n) is 13.1. The predicted molar refractivity (Wildman–Crippen MR) is 171 cm³/mol. The van der Waals surface area contributed by atoms with Crippen molar-refractivity contribution < 1.29 is 32.2 Å². The highest BCUT2D eigenvalue weighted by atomic mass is 32.1. The third-order valence-corrected chi connectivity index (χ3v) is 8.14. The normalized spacial score (nSPS) is 17.5. The quantitative estimate of drug-likeness (QED) is 0.334. The first kappa shape index (κ1) is 34.9. The molecule has 248 valence electrons. The third kappa shape index (κ3) is 7.36. The summed E-state index contributed by atoms with van der Waals surface area (Å²) in [5.41, 5.74) is -2.53. The molecule has 0 saturated carbocycles. The Kier molecular flexibility index (Phi) is 9.89. The maximum Gasteiger partial charge on any atom is 0.419 e. The number of carbonyl (C=O) groups excluding carboxylic acids is 2. The van der Waals surface area contributed by atoms with Crippen LogP contribution >= 0.6 is 12.2 Å². The van der Waals surface area contributed by atoms with Gasteiger partial charge >= 0.3 is 12.3 Å². The molecule has 0 N–H and O–H groups in total. The highest BCUT2D eigenvalue weighted by Crippen LogP contribution is 2.41. The summed E-state index contributed by atoms with van der Waals surface area (Å²) in [4.78, 5) is 36.2. The number of hydrogen-bond acceptors (Lipinski definition) is 8. The maximum absolute atomic E-state index is 13.7. The number of carbonyl (C=O) groups is 2. The SMILES string of the molecule is CC(C)c1cc(N2C(=S)N(c3cnc(C#N)c(C(F)(F)F)c3)C(=O)C2(C)C)ccc1OCCN1CCN(C(=O)OC(C)(C)C)CC1. The van der Waals surface area contributed by atoms with Crippen molar-refractivity contribution in [3.8, 4) is 11.8 Å². The van der Waals surface area contributed by atoms with Crippen LogP contribution in [-0.4, -0.2) is 82.4 Å². The number of piperazine rings is 1. The number of aromatic nitrogens is 1. The minimum absolute atomic E-state index is 0.0106. The Balaban J connectivity index is 1.48. The molecule has 0 spiro atoms. The van der Waals surface area contributed by atoms with Crippen LogP contribution in [0.5, 0.6) is 5.75 Å². The zero-order chi connectivity index (χ0) is 34.2. The molecule has 1 aromatic carbocycles. The van der Waals surface area contributed by atoms with Crippen molar-refractivity contribution in [2.24, 2.45) is 0 Å². The molecule has 0 radical (unpaired) electrons. The topological polar surface area (TPSA) is 102 Å². The zero-order valence-corrected chi connectivity index (χ0v) is 27.9. The monoisotopic (exact) mass is 660 g/mol. The van der Waals surface area contributed by atoms with Gasteiger partial charge in [0.15, 0.2) is 10.8 Å². The van der Waals surface area contributed by atoms with Crippen molar-refractivity contribution in [3.05, 3.63) is 47.3 Å². The van der Waals surface area contributed by atoms with Gasteiger partial charge in [0.05, 0.1) is 17.4 Å². The van der Waals surface area contributed by atoms with E-state index >= 15 is 0 Å². The largest absolute Gasteiger partial charge is 0.492 e. The average Bonchev–Trinajstić information content (AvgIpc) is 3.14. The molecule has 0 atom stereocenters. The summed E-state index contributed by atoms with van der Waals surface area (Å²) in [6, 6.07) is 7.63. The standard InChI is InChI=1S/C32H39F3N6O4S/c1-20(2)23-16-21(8-9-26(23)44-15-14-38-10-12-39(13-11-38)29(43)45-30(3,4)5)41-28(46)40(27(42)31(41,6)7)22-17-24(32(33,34)35)25(18-36)37-19-22/h8-9,16-17,19-20H,10-15H2,1-7H3. The molecule has 3 heterocycles. The number of anilines is 2. The van der Waals surface area contributed by atoms with Crippen LogP contribution in [0.4, 0.5) is 29.3 Å². The lowest BCUT2D eigenvalue weighted by Crippen LogP contribution is -2.50. The Morgan fingerprint density at radius 2 is 1.76 bits per heavy atom. The van der Waals surface area contributed by atoms with Crippen LogP contribution in [0, 0.1) is 11.3 Å². The van der Waals surface area contributed by atoms with E-state index in [4.69, 9.17) is 27.0 Å². The molecule has 0 bridgehead atoms. The van der Waals surface area contributed by atoms with Crippen LogP contribution in [0.25, 0.3) is 0 Å². The number of ether oxygens (including phenoxy) is 2. The molecule has 2 fully saturated rings. The van der Waals surface area contributed by atoms with E-state index in [-0.39, 0.29) is 22.8 Å². The number of alkyl halides is 3. The van der Waals surface area contributed by atoms with Gasteiger partial charge in [-0.15, -0.1) is 0 Å². The zero-order valence-electron chi connectivity index (χ0n) is 27.1. The minimum atomic E-state index is -4.84. The van der Waals surface area contributed by atoms with E-state index in [1.807, 2.05) is 46.8 Å². The first-order valence-electron chi connectivity index (χ1n) is 15.0. The van der Waals surface area contributed by atoms with Crippen molar-refractivity contribution in [2.75, 3.05) is 49.1 Å². The van der Waals surface area contributed by atoms with Crippen LogP contribution in [0.3, 0.4) is 0 Å². The lowest BCUT2D eigenvalue weighted by molar-refractivity contribution is -0.138. The van der Waals surface area contributed by atoms with Crippen molar-refractivity contribution >= 4 is 40.7 Å². The van der Waals surface area contributed by atoms with Crippen LogP contribution in [0.15, 0.2) is 30.5 Å². The van der Waals surface area contributed by atoms with Gasteiger partial charge in [0, 0.05) is 38.4 Å². The molecule has 2 aliphatic heterocycles. The van der Waals surface area contributed by atoms with Gasteiger partial charge < -0.3 is 19.3 Å². The number of halogens is 3. The van der Waals surface area contributed by atoms with Crippen LogP contribution in [-0.2, 0) is 15.7 Å². The van der Waals surface area contributed by atoms with Crippen LogP contribution < -0.4 is 14.5 Å². The number of nitrogens with zero attached hydrogens (tertiary/aromatic N) is 6. The summed E-state index contributed by atoms with van der Waals surface area (Å²) in [5.74, 6) is 0.175. The van der Waals surface area contributed by atoms with E-state index in [2.05, 4.69) is 9.88 Å². The van der Waals surface area contributed by atoms with Crippen molar-refractivity contribution in [3.63, 3.8) is 0 Å². The van der Waals surface area contributed by atoms with Gasteiger partial charge in [-0.25, -0.2) is 9.78 Å². The average molecular weight is 661 g/mol. The molecule has 0 unspecified atom stereocenters. The number of rotatable bonds is 7. The van der Waals surface area contributed by atoms with Gasteiger partial charge in [-0.1, -0.05) is 13.8 Å². The van der Waals surface area contributed by atoms with E-state index in [1.54, 1.807) is 29.7 Å². The molecule has 2 aromatic rings. The van der Waals surface area contributed by atoms with Gasteiger partial charge in [-0.2, -0.15) is 18.4 Å². The molecule has 14 heteroatoms. The van der Waals surface area contributed by atoms with Gasteiger partial charge in [-0.3, -0.25) is 14.6 Å². The van der Waals surface area contributed by atoms with Crippen molar-refractivity contribution in [1.29, 1.82) is 5.26 Å². The second-order valence-corrected chi connectivity index (χ2v) is 13.4. The van der Waals surface area contributed by atoms with Gasteiger partial charge in [-0.05, 0) is 82.6 Å². The fourth-order valence-electron chi connectivity index (χ4n) is 5.36. The summed E-state index contributed by atoms with van der Waals surface area (Å²) in [5, 5.41) is 9.12. The highest BCUT2D eigenvalue weighted by Gasteiger charge is 2.51. The molecule has 2 aliphatic rings. The lowest BCUT2D eigenvalue weighted by Gasteiger charge is -2.35. The fourth-order valence-corrected chi connectivity index (χ4v) is 5.88. The second kappa shape index (κ2) is 13.0. The Bertz CT molecular complexity index is 1540. The summed E-state index contributed by atoms with van der Waals surface area (Å²) >= 11 is 5.67. The maximum atomic E-state index is 13.7.